The number of anilines is 2. The fourth-order valence-electron chi connectivity index (χ4n) is 3.07. The van der Waals surface area contributed by atoms with Gasteiger partial charge in [0.05, 0.1) is 29.5 Å². The molecule has 0 spiro atoms. The van der Waals surface area contributed by atoms with Crippen LogP contribution in [0, 0.1) is 0 Å². The zero-order valence-electron chi connectivity index (χ0n) is 17.4. The Labute approximate surface area is 191 Å². The third-order valence-corrected chi connectivity index (χ3v) is 5.03. The first kappa shape index (κ1) is 21.6. The highest BCUT2D eigenvalue weighted by molar-refractivity contribution is 6.32. The van der Waals surface area contributed by atoms with Crippen molar-refractivity contribution in [3.05, 3.63) is 96.3 Å². The third kappa shape index (κ3) is 5.55. The van der Waals surface area contributed by atoms with Gasteiger partial charge in [0.2, 0.25) is 0 Å². The Bertz CT molecular complexity index is 1190. The van der Waals surface area contributed by atoms with Crippen LogP contribution in [0.1, 0.15) is 12.0 Å². The Morgan fingerprint density at radius 1 is 0.906 bits per heavy atom. The smallest absolute Gasteiger partial charge is 0.141 e. The minimum absolute atomic E-state index is 0.476. The Balaban J connectivity index is 1.23. The van der Waals surface area contributed by atoms with Crippen LogP contribution in [0.15, 0.2) is 85.7 Å². The molecule has 0 bridgehead atoms. The molecule has 2 N–H and O–H groups in total. The van der Waals surface area contributed by atoms with E-state index in [1.54, 1.807) is 12.4 Å². The van der Waals surface area contributed by atoms with Crippen LogP contribution < -0.4 is 15.5 Å². The lowest BCUT2D eigenvalue weighted by Crippen LogP contribution is -2.14. The van der Waals surface area contributed by atoms with Gasteiger partial charge in [0, 0.05) is 17.5 Å². The fourth-order valence-corrected chi connectivity index (χ4v) is 3.26. The number of ether oxygens (including phenoxy) is 1. The van der Waals surface area contributed by atoms with E-state index in [9.17, 15) is 0 Å². The molecule has 0 saturated heterocycles. The number of halogens is 1. The van der Waals surface area contributed by atoms with Gasteiger partial charge in [-0.2, -0.15) is 0 Å². The van der Waals surface area contributed by atoms with E-state index < -0.39 is 0 Å². The highest BCUT2D eigenvalue weighted by Gasteiger charge is 2.05. The van der Waals surface area contributed by atoms with Crippen LogP contribution in [-0.2, 0) is 4.84 Å². The normalized spacial score (nSPS) is 10.7. The predicted molar refractivity (Wildman–Crippen MR) is 129 cm³/mol. The fraction of sp³-hybridized carbons (Fsp3) is 0.120. The number of rotatable bonds is 10. The first-order chi connectivity index (χ1) is 15.7. The molecule has 0 aliphatic carbocycles. The molecular weight excluding hydrogens is 424 g/mol. The third-order valence-electron chi connectivity index (χ3n) is 4.72. The van der Waals surface area contributed by atoms with E-state index in [4.69, 9.17) is 21.2 Å². The summed E-state index contributed by atoms with van der Waals surface area (Å²) in [5.41, 5.74) is 6.30. The number of para-hydroxylation sites is 2. The molecule has 3 aromatic carbocycles. The molecule has 0 amide bonds. The number of aromatic nitrogens is 2. The molecule has 0 aliphatic heterocycles. The van der Waals surface area contributed by atoms with Crippen molar-refractivity contribution in [1.82, 2.24) is 15.4 Å². The summed E-state index contributed by atoms with van der Waals surface area (Å²) >= 11 is 6.06. The second-order valence-corrected chi connectivity index (χ2v) is 7.41. The van der Waals surface area contributed by atoms with E-state index in [0.29, 0.717) is 36.1 Å². The Morgan fingerprint density at radius 2 is 1.69 bits per heavy atom. The lowest BCUT2D eigenvalue weighted by atomic mass is 10.1. The van der Waals surface area contributed by atoms with Crippen molar-refractivity contribution in [2.24, 2.45) is 0 Å². The van der Waals surface area contributed by atoms with Gasteiger partial charge < -0.3 is 10.1 Å². The van der Waals surface area contributed by atoms with Crippen molar-refractivity contribution < 1.29 is 9.57 Å². The van der Waals surface area contributed by atoms with Crippen LogP contribution in [0.5, 0.6) is 5.75 Å². The number of hydroxylamine groups is 1. The van der Waals surface area contributed by atoms with Gasteiger partial charge in [0.1, 0.15) is 17.9 Å². The summed E-state index contributed by atoms with van der Waals surface area (Å²) in [5, 5.41) is 4.91. The second kappa shape index (κ2) is 10.6. The number of hydrogen-bond donors (Lipinski definition) is 2. The summed E-state index contributed by atoms with van der Waals surface area (Å²) in [6, 6.07) is 23.2. The van der Waals surface area contributed by atoms with Crippen LogP contribution in [0.25, 0.3) is 16.6 Å². The lowest BCUT2D eigenvalue weighted by Gasteiger charge is -2.12. The quantitative estimate of drug-likeness (QED) is 0.230. The van der Waals surface area contributed by atoms with Crippen LogP contribution in [0.4, 0.5) is 11.5 Å². The summed E-state index contributed by atoms with van der Waals surface area (Å²) in [7, 11) is 0. The van der Waals surface area contributed by atoms with E-state index in [1.165, 1.54) is 0 Å². The molecule has 0 fully saturated rings. The maximum absolute atomic E-state index is 6.06. The van der Waals surface area contributed by atoms with E-state index >= 15 is 0 Å². The number of hydrogen-bond acceptors (Lipinski definition) is 6. The number of nitrogens with one attached hydrogen (secondary N) is 2. The summed E-state index contributed by atoms with van der Waals surface area (Å²) in [4.78, 5) is 14.1. The zero-order valence-corrected chi connectivity index (χ0v) is 18.2. The Kier molecular flexibility index (Phi) is 7.17. The van der Waals surface area contributed by atoms with Crippen molar-refractivity contribution in [3.8, 4) is 5.75 Å². The van der Waals surface area contributed by atoms with Gasteiger partial charge in [0.25, 0.3) is 0 Å². The van der Waals surface area contributed by atoms with Crippen molar-refractivity contribution in [1.29, 1.82) is 0 Å². The first-order valence-electron chi connectivity index (χ1n) is 10.2. The van der Waals surface area contributed by atoms with Crippen molar-refractivity contribution in [2.75, 3.05) is 18.5 Å². The largest absolute Gasteiger partial charge is 0.492 e. The van der Waals surface area contributed by atoms with Crippen molar-refractivity contribution in [2.45, 2.75) is 6.42 Å². The maximum Gasteiger partial charge on any atom is 0.141 e. The number of nitrogens with zero attached hydrogens (tertiary/aromatic N) is 2. The molecule has 4 aromatic rings. The Morgan fingerprint density at radius 3 is 2.53 bits per heavy atom. The van der Waals surface area contributed by atoms with Gasteiger partial charge in [0.15, 0.2) is 0 Å². The monoisotopic (exact) mass is 446 g/mol. The summed E-state index contributed by atoms with van der Waals surface area (Å²) in [6.07, 6.45) is 2.27. The van der Waals surface area contributed by atoms with Crippen molar-refractivity contribution >= 4 is 39.7 Å². The molecule has 0 unspecified atom stereocenters. The summed E-state index contributed by atoms with van der Waals surface area (Å²) in [5.74, 6) is 1.44. The van der Waals surface area contributed by atoms with Gasteiger partial charge in [-0.15, -0.1) is 0 Å². The molecule has 0 aliphatic rings. The van der Waals surface area contributed by atoms with E-state index in [-0.39, 0.29) is 0 Å². The molecule has 6 nitrogen and oxygen atoms in total. The van der Waals surface area contributed by atoms with Gasteiger partial charge >= 0.3 is 0 Å². The highest BCUT2D eigenvalue weighted by atomic mass is 35.5. The molecule has 0 saturated carbocycles. The molecule has 162 valence electrons. The number of benzene rings is 3. The van der Waals surface area contributed by atoms with Crippen LogP contribution >= 0.6 is 11.6 Å². The Hall–Kier alpha value is -3.61. The highest BCUT2D eigenvalue weighted by Crippen LogP contribution is 2.24. The van der Waals surface area contributed by atoms with Crippen molar-refractivity contribution in [3.63, 3.8) is 0 Å². The van der Waals surface area contributed by atoms with Gasteiger partial charge in [-0.05, 0) is 42.0 Å². The van der Waals surface area contributed by atoms with Gasteiger partial charge in [-0.1, -0.05) is 54.6 Å². The minimum atomic E-state index is 0.476. The molecule has 0 radical (unpaired) electrons. The van der Waals surface area contributed by atoms with E-state index in [0.717, 1.165) is 28.0 Å². The molecule has 1 heterocycles. The van der Waals surface area contributed by atoms with Crippen LogP contribution in [0.2, 0.25) is 5.02 Å². The van der Waals surface area contributed by atoms with E-state index in [1.807, 2.05) is 66.7 Å². The number of fused-ring (bicyclic) bond motifs is 1. The molecule has 0 atom stereocenters. The first-order valence-corrected chi connectivity index (χ1v) is 10.6. The lowest BCUT2D eigenvalue weighted by molar-refractivity contribution is 0.0687. The second-order valence-electron chi connectivity index (χ2n) is 7.00. The average Bonchev–Trinajstić information content (AvgIpc) is 2.83. The summed E-state index contributed by atoms with van der Waals surface area (Å²) in [6.45, 7) is 5.02. The molecule has 1 aromatic heterocycles. The molecular formula is C25H23ClN4O2. The average molecular weight is 447 g/mol. The standard InChI is InChI=1S/C25H23ClN4O2/c1-18(30-32-16-6-15-31-24-10-5-3-8-22(24)26)19-11-13-20(14-12-19)29-25-21-7-2-4-9-23(21)27-17-28-25/h2-5,7-14,17,30H,1,6,15-16H2,(H,27,28,29). The van der Waals surface area contributed by atoms with E-state index in [2.05, 4.69) is 27.3 Å². The maximum atomic E-state index is 6.06. The topological polar surface area (TPSA) is 68.3 Å². The molecule has 4 rings (SSSR count). The predicted octanol–water partition coefficient (Wildman–Crippen LogP) is 5.99. The SMILES string of the molecule is C=C(NOCCCOc1ccccc1Cl)c1ccc(Nc2ncnc3ccccc23)cc1. The van der Waals surface area contributed by atoms with Crippen LogP contribution in [-0.4, -0.2) is 23.2 Å². The summed E-state index contributed by atoms with van der Waals surface area (Å²) < 4.78 is 5.64. The molecule has 7 heteroatoms. The van der Waals surface area contributed by atoms with Gasteiger partial charge in [-0.25, -0.2) is 9.97 Å². The van der Waals surface area contributed by atoms with Crippen LogP contribution in [0.3, 0.4) is 0 Å². The van der Waals surface area contributed by atoms with Gasteiger partial charge in [-0.3, -0.25) is 10.3 Å². The zero-order chi connectivity index (χ0) is 22.2. The minimum Gasteiger partial charge on any atom is -0.492 e. The molecule has 32 heavy (non-hydrogen) atoms.